The molecule has 0 amide bonds. The number of aliphatic hydroxyl groups is 4. The monoisotopic (exact) mass is 490 g/mol. The zero-order valence-electron chi connectivity index (χ0n) is 21.9. The van der Waals surface area contributed by atoms with Gasteiger partial charge in [0.15, 0.2) is 6.29 Å². The summed E-state index contributed by atoms with van der Waals surface area (Å²) in [5.41, 5.74) is 0. The summed E-state index contributed by atoms with van der Waals surface area (Å²) in [7, 11) is 0. The minimum atomic E-state index is -1.36. The fourth-order valence-corrected chi connectivity index (χ4v) is 4.38. The summed E-state index contributed by atoms with van der Waals surface area (Å²) >= 11 is 0. The van der Waals surface area contributed by atoms with E-state index < -0.39 is 36.8 Å². The summed E-state index contributed by atoms with van der Waals surface area (Å²) in [6, 6.07) is 0. The molecule has 1 aliphatic heterocycles. The predicted molar refractivity (Wildman–Crippen MR) is 135 cm³/mol. The molecule has 7 nitrogen and oxygen atoms in total. The minimum Gasteiger partial charge on any atom is -0.388 e. The number of hydrogen-bond acceptors (Lipinski definition) is 7. The Morgan fingerprint density at radius 1 is 0.647 bits per heavy atom. The van der Waals surface area contributed by atoms with Gasteiger partial charge in [-0.3, -0.25) is 0 Å². The van der Waals surface area contributed by atoms with Gasteiger partial charge in [0.2, 0.25) is 0 Å². The Bertz CT molecular complexity index is 451. The van der Waals surface area contributed by atoms with E-state index in [1.807, 2.05) is 0 Å². The molecule has 4 N–H and O–H groups in total. The standard InChI is InChI=1S/C27H54O7/c1-3-4-5-6-7-8-9-10-11-12-13-14-15-16-17-18-19-32-20-23(28)21-33-27-26(31)25(30)24(29)22(2)34-27/h22-31H,3-21H2,1-2H3/t22-,23-,24+,25+,26-,27+/m0/s1. The van der Waals surface area contributed by atoms with E-state index in [4.69, 9.17) is 14.2 Å². The Kier molecular flexibility index (Phi) is 19.5. The highest BCUT2D eigenvalue weighted by atomic mass is 16.7. The molecule has 0 aromatic rings. The lowest BCUT2D eigenvalue weighted by molar-refractivity contribution is -0.297. The summed E-state index contributed by atoms with van der Waals surface area (Å²) in [6.45, 7) is 4.55. The molecule has 0 aromatic heterocycles. The highest BCUT2D eigenvalue weighted by Gasteiger charge is 2.42. The molecule has 0 saturated carbocycles. The second-order valence-corrected chi connectivity index (χ2v) is 10.0. The van der Waals surface area contributed by atoms with E-state index in [2.05, 4.69) is 6.92 Å². The largest absolute Gasteiger partial charge is 0.388 e. The highest BCUT2D eigenvalue weighted by Crippen LogP contribution is 2.22. The van der Waals surface area contributed by atoms with E-state index in [9.17, 15) is 20.4 Å². The van der Waals surface area contributed by atoms with Crippen molar-refractivity contribution in [2.24, 2.45) is 0 Å². The van der Waals surface area contributed by atoms with Crippen molar-refractivity contribution >= 4 is 0 Å². The molecule has 34 heavy (non-hydrogen) atoms. The molecule has 1 rings (SSSR count). The minimum absolute atomic E-state index is 0.0732. The van der Waals surface area contributed by atoms with Crippen LogP contribution < -0.4 is 0 Å². The summed E-state index contributed by atoms with van der Waals surface area (Å²) < 4.78 is 16.2. The second-order valence-electron chi connectivity index (χ2n) is 10.0. The predicted octanol–water partition coefficient (Wildman–Crippen LogP) is 4.47. The molecule has 0 spiro atoms. The van der Waals surface area contributed by atoms with Gasteiger partial charge in [-0.2, -0.15) is 0 Å². The number of hydrogen-bond donors (Lipinski definition) is 4. The van der Waals surface area contributed by atoms with Gasteiger partial charge < -0.3 is 34.6 Å². The fourth-order valence-electron chi connectivity index (χ4n) is 4.38. The molecule has 0 aliphatic carbocycles. The van der Waals surface area contributed by atoms with Crippen LogP contribution >= 0.6 is 0 Å². The molecule has 0 bridgehead atoms. The first kappa shape index (κ1) is 31.7. The molecular weight excluding hydrogens is 436 g/mol. The molecule has 0 unspecified atom stereocenters. The number of rotatable bonds is 22. The highest BCUT2D eigenvalue weighted by molar-refractivity contribution is 4.87. The van der Waals surface area contributed by atoms with Crippen LogP contribution in [-0.2, 0) is 14.2 Å². The van der Waals surface area contributed by atoms with Gasteiger partial charge >= 0.3 is 0 Å². The normalized spacial score (nSPS) is 26.1. The van der Waals surface area contributed by atoms with Crippen LogP contribution in [0.1, 0.15) is 117 Å². The molecule has 7 heteroatoms. The maximum atomic E-state index is 9.99. The van der Waals surface area contributed by atoms with Gasteiger partial charge in [0.05, 0.1) is 19.3 Å². The first-order chi connectivity index (χ1) is 16.5. The summed E-state index contributed by atoms with van der Waals surface area (Å²) in [5, 5.41) is 39.3. The first-order valence-electron chi connectivity index (χ1n) is 14.0. The summed E-state index contributed by atoms with van der Waals surface area (Å²) in [4.78, 5) is 0. The van der Waals surface area contributed by atoms with E-state index in [-0.39, 0.29) is 13.2 Å². The van der Waals surface area contributed by atoms with Crippen LogP contribution in [-0.4, -0.2) is 77.1 Å². The Balaban J connectivity index is 1.83. The van der Waals surface area contributed by atoms with Gasteiger partial charge in [0.25, 0.3) is 0 Å². The number of unbranched alkanes of at least 4 members (excludes halogenated alkanes) is 15. The van der Waals surface area contributed by atoms with Crippen molar-refractivity contribution in [3.8, 4) is 0 Å². The average molecular weight is 491 g/mol. The van der Waals surface area contributed by atoms with Crippen molar-refractivity contribution in [2.75, 3.05) is 19.8 Å². The van der Waals surface area contributed by atoms with Crippen molar-refractivity contribution in [3.05, 3.63) is 0 Å². The SMILES string of the molecule is CCCCCCCCCCCCCCCCCCOC[C@H](O)CO[C@@H]1O[C@@H](C)[C@@H](O)[C@@H](O)[C@@H]1O. The van der Waals surface area contributed by atoms with Crippen LogP contribution in [0, 0.1) is 0 Å². The molecule has 1 aliphatic rings. The molecule has 0 aromatic carbocycles. The maximum Gasteiger partial charge on any atom is 0.186 e. The number of ether oxygens (including phenoxy) is 3. The summed E-state index contributed by atoms with van der Waals surface area (Å²) in [6.07, 6.45) is 14.9. The van der Waals surface area contributed by atoms with Crippen molar-refractivity contribution in [1.29, 1.82) is 0 Å². The van der Waals surface area contributed by atoms with Gasteiger partial charge in [-0.05, 0) is 13.3 Å². The fraction of sp³-hybridized carbons (Fsp3) is 1.00. The lowest BCUT2D eigenvalue weighted by atomic mass is 10.0. The third kappa shape index (κ3) is 15.0. The van der Waals surface area contributed by atoms with Crippen LogP contribution in [0.4, 0.5) is 0 Å². The quantitative estimate of drug-likeness (QED) is 0.166. The zero-order chi connectivity index (χ0) is 25.0. The zero-order valence-corrected chi connectivity index (χ0v) is 21.9. The van der Waals surface area contributed by atoms with E-state index in [0.717, 1.165) is 12.8 Å². The van der Waals surface area contributed by atoms with Crippen molar-refractivity contribution in [2.45, 2.75) is 153 Å². The lowest BCUT2D eigenvalue weighted by Gasteiger charge is -2.39. The average Bonchev–Trinajstić information content (AvgIpc) is 2.83. The molecule has 1 fully saturated rings. The lowest BCUT2D eigenvalue weighted by Crippen LogP contribution is -2.57. The second kappa shape index (κ2) is 20.9. The molecule has 204 valence electrons. The Morgan fingerprint density at radius 3 is 1.62 bits per heavy atom. The van der Waals surface area contributed by atoms with E-state index >= 15 is 0 Å². The van der Waals surface area contributed by atoms with Gasteiger partial charge in [-0.25, -0.2) is 0 Å². The molecule has 1 heterocycles. The van der Waals surface area contributed by atoms with Crippen molar-refractivity contribution in [1.82, 2.24) is 0 Å². The molecule has 6 atom stereocenters. The third-order valence-electron chi connectivity index (χ3n) is 6.71. The Labute approximate surface area is 208 Å². The van der Waals surface area contributed by atoms with E-state index in [1.165, 1.54) is 89.9 Å². The van der Waals surface area contributed by atoms with Crippen LogP contribution in [0.15, 0.2) is 0 Å². The van der Waals surface area contributed by atoms with E-state index in [0.29, 0.717) is 6.61 Å². The van der Waals surface area contributed by atoms with Crippen LogP contribution in [0.3, 0.4) is 0 Å². The van der Waals surface area contributed by atoms with Crippen molar-refractivity contribution < 1.29 is 34.6 Å². The van der Waals surface area contributed by atoms with E-state index in [1.54, 1.807) is 6.92 Å². The first-order valence-corrected chi connectivity index (χ1v) is 14.0. The van der Waals surface area contributed by atoms with Crippen LogP contribution in [0.25, 0.3) is 0 Å². The molecule has 0 radical (unpaired) electrons. The molecule has 1 saturated heterocycles. The van der Waals surface area contributed by atoms with Gasteiger partial charge in [0.1, 0.15) is 24.4 Å². The third-order valence-corrected chi connectivity index (χ3v) is 6.71. The van der Waals surface area contributed by atoms with Gasteiger partial charge in [-0.1, -0.05) is 103 Å². The maximum absolute atomic E-state index is 9.99. The summed E-state index contributed by atoms with van der Waals surface area (Å²) in [5.74, 6) is 0. The van der Waals surface area contributed by atoms with Crippen LogP contribution in [0.2, 0.25) is 0 Å². The van der Waals surface area contributed by atoms with Gasteiger partial charge in [0, 0.05) is 6.61 Å². The van der Waals surface area contributed by atoms with Gasteiger partial charge in [-0.15, -0.1) is 0 Å². The number of aliphatic hydroxyl groups excluding tert-OH is 4. The Hall–Kier alpha value is -0.280. The van der Waals surface area contributed by atoms with Crippen molar-refractivity contribution in [3.63, 3.8) is 0 Å². The molecular formula is C27H54O7. The van der Waals surface area contributed by atoms with Crippen LogP contribution in [0.5, 0.6) is 0 Å². The topological polar surface area (TPSA) is 109 Å². The smallest absolute Gasteiger partial charge is 0.186 e. The Morgan fingerprint density at radius 2 is 1.12 bits per heavy atom.